The number of hydrogen-bond donors (Lipinski definition) is 3. The Labute approximate surface area is 119 Å². The van der Waals surface area contributed by atoms with Crippen molar-refractivity contribution in [2.45, 2.75) is 45.6 Å². The van der Waals surface area contributed by atoms with Gasteiger partial charge in [0.15, 0.2) is 0 Å². The van der Waals surface area contributed by atoms with Crippen molar-refractivity contribution in [3.63, 3.8) is 0 Å². The number of nitrogens with one attached hydrogen (secondary N) is 1. The number of carbonyl (C=O) groups is 1. The van der Waals surface area contributed by atoms with Gasteiger partial charge in [-0.25, -0.2) is 0 Å². The predicted octanol–water partition coefficient (Wildman–Crippen LogP) is 1.91. The second-order valence-electron chi connectivity index (χ2n) is 6.12. The molecule has 2 atom stereocenters. The summed E-state index contributed by atoms with van der Waals surface area (Å²) in [4.78, 5) is 12.1. The van der Waals surface area contributed by atoms with E-state index < -0.39 is 0 Å². The summed E-state index contributed by atoms with van der Waals surface area (Å²) in [6.07, 6.45) is 3.15. The number of aliphatic hydroxyl groups excluding tert-OH is 1. The lowest BCUT2D eigenvalue weighted by molar-refractivity contribution is -0.122. The van der Waals surface area contributed by atoms with Crippen molar-refractivity contribution in [1.29, 1.82) is 0 Å². The number of aromatic hydroxyl groups is 1. The molecule has 2 unspecified atom stereocenters. The van der Waals surface area contributed by atoms with Gasteiger partial charge in [0.1, 0.15) is 5.75 Å². The number of amides is 1. The first-order valence-corrected chi connectivity index (χ1v) is 7.13. The van der Waals surface area contributed by atoms with Gasteiger partial charge in [-0.2, -0.15) is 0 Å². The van der Waals surface area contributed by atoms with Crippen LogP contribution in [0.25, 0.3) is 0 Å². The van der Waals surface area contributed by atoms with Crippen LogP contribution in [-0.2, 0) is 11.2 Å². The molecule has 3 N–H and O–H groups in total. The molecule has 0 radical (unpaired) electrons. The molecule has 1 aromatic rings. The van der Waals surface area contributed by atoms with E-state index >= 15 is 0 Å². The summed E-state index contributed by atoms with van der Waals surface area (Å²) in [7, 11) is 0. The number of phenols is 1. The van der Waals surface area contributed by atoms with Gasteiger partial charge >= 0.3 is 0 Å². The lowest BCUT2D eigenvalue weighted by Gasteiger charge is -2.30. The fourth-order valence-electron chi connectivity index (χ4n) is 2.86. The number of hydrogen-bond acceptors (Lipinski definition) is 3. The molecule has 1 aliphatic rings. The van der Waals surface area contributed by atoms with Crippen LogP contribution in [0.2, 0.25) is 0 Å². The van der Waals surface area contributed by atoms with Gasteiger partial charge < -0.3 is 15.5 Å². The third-order valence-corrected chi connectivity index (χ3v) is 4.42. The number of rotatable bonds is 4. The quantitative estimate of drug-likeness (QED) is 0.787. The van der Waals surface area contributed by atoms with Gasteiger partial charge in [-0.3, -0.25) is 4.79 Å². The van der Waals surface area contributed by atoms with Crippen LogP contribution in [-0.4, -0.2) is 28.8 Å². The second-order valence-corrected chi connectivity index (χ2v) is 6.12. The zero-order valence-corrected chi connectivity index (χ0v) is 12.1. The van der Waals surface area contributed by atoms with E-state index in [0.29, 0.717) is 0 Å². The Morgan fingerprint density at radius 3 is 2.90 bits per heavy atom. The van der Waals surface area contributed by atoms with E-state index in [1.807, 2.05) is 26.0 Å². The Morgan fingerprint density at radius 2 is 2.25 bits per heavy atom. The second kappa shape index (κ2) is 5.83. The fraction of sp³-hybridized carbons (Fsp3) is 0.562. The zero-order chi connectivity index (χ0) is 14.8. The van der Waals surface area contributed by atoms with Crippen molar-refractivity contribution in [1.82, 2.24) is 5.32 Å². The molecule has 0 bridgehead atoms. The van der Waals surface area contributed by atoms with Gasteiger partial charge in [0.25, 0.3) is 0 Å². The van der Waals surface area contributed by atoms with Gasteiger partial charge in [0, 0.05) is 11.5 Å². The highest BCUT2D eigenvalue weighted by molar-refractivity contribution is 5.79. The molecule has 110 valence electrons. The third-order valence-electron chi connectivity index (χ3n) is 4.42. The summed E-state index contributed by atoms with van der Waals surface area (Å²) >= 11 is 0. The molecule has 0 aliphatic heterocycles. The SMILES string of the molecule is Cc1ccc(CC(=O)NC2CCCC2(C)CO)cc1O. The summed E-state index contributed by atoms with van der Waals surface area (Å²) in [6.45, 7) is 3.94. The first kappa shape index (κ1) is 14.9. The molecule has 1 saturated carbocycles. The molecule has 0 saturated heterocycles. The Balaban J connectivity index is 1.97. The fourth-order valence-corrected chi connectivity index (χ4v) is 2.86. The molecule has 0 heterocycles. The Hall–Kier alpha value is -1.55. The highest BCUT2D eigenvalue weighted by Crippen LogP contribution is 2.37. The molecule has 1 aliphatic carbocycles. The molecule has 4 heteroatoms. The average molecular weight is 277 g/mol. The van der Waals surface area contributed by atoms with Crippen LogP contribution < -0.4 is 5.32 Å². The maximum absolute atomic E-state index is 12.1. The van der Waals surface area contributed by atoms with Crippen molar-refractivity contribution in [3.8, 4) is 5.75 Å². The molecule has 20 heavy (non-hydrogen) atoms. The van der Waals surface area contributed by atoms with Crippen LogP contribution >= 0.6 is 0 Å². The Kier molecular flexibility index (Phi) is 4.33. The lowest BCUT2D eigenvalue weighted by atomic mass is 9.85. The first-order chi connectivity index (χ1) is 9.44. The average Bonchev–Trinajstić information content (AvgIpc) is 2.76. The van der Waals surface area contributed by atoms with Gasteiger partial charge in [0.05, 0.1) is 13.0 Å². The number of phenolic OH excluding ortho intramolecular Hbond substituents is 1. The largest absolute Gasteiger partial charge is 0.508 e. The minimum Gasteiger partial charge on any atom is -0.508 e. The summed E-state index contributed by atoms with van der Waals surface area (Å²) in [5, 5.41) is 22.2. The van der Waals surface area contributed by atoms with Gasteiger partial charge in [-0.1, -0.05) is 25.5 Å². The number of benzene rings is 1. The third kappa shape index (κ3) is 3.12. The van der Waals surface area contributed by atoms with Crippen LogP contribution in [0.1, 0.15) is 37.3 Å². The molecular weight excluding hydrogens is 254 g/mol. The van der Waals surface area contributed by atoms with Crippen molar-refractivity contribution in [2.24, 2.45) is 5.41 Å². The van der Waals surface area contributed by atoms with Crippen LogP contribution in [0.5, 0.6) is 5.75 Å². The van der Waals surface area contributed by atoms with Gasteiger partial charge in [0.2, 0.25) is 5.91 Å². The topological polar surface area (TPSA) is 69.6 Å². The predicted molar refractivity (Wildman–Crippen MR) is 77.5 cm³/mol. The minimum absolute atomic E-state index is 0.0408. The lowest BCUT2D eigenvalue weighted by Crippen LogP contribution is -2.45. The van der Waals surface area contributed by atoms with E-state index in [2.05, 4.69) is 5.32 Å². The minimum atomic E-state index is -0.203. The van der Waals surface area contributed by atoms with E-state index in [1.165, 1.54) is 0 Å². The standard InChI is InChI=1S/C16H23NO3/c1-11-5-6-12(8-13(11)19)9-15(20)17-14-4-3-7-16(14,2)10-18/h5-6,8,14,18-19H,3-4,7,9-10H2,1-2H3,(H,17,20). The van der Waals surface area contributed by atoms with Crippen molar-refractivity contribution < 1.29 is 15.0 Å². The molecule has 1 aromatic carbocycles. The molecule has 4 nitrogen and oxygen atoms in total. The molecule has 1 fully saturated rings. The Bertz CT molecular complexity index is 500. The van der Waals surface area contributed by atoms with Crippen molar-refractivity contribution in [3.05, 3.63) is 29.3 Å². The molecular formula is C16H23NO3. The Morgan fingerprint density at radius 1 is 1.50 bits per heavy atom. The molecule has 1 amide bonds. The summed E-state index contributed by atoms with van der Waals surface area (Å²) in [6, 6.07) is 5.34. The normalized spacial score (nSPS) is 25.6. The molecule has 0 spiro atoms. The summed E-state index contributed by atoms with van der Waals surface area (Å²) < 4.78 is 0. The van der Waals surface area contributed by atoms with Crippen LogP contribution in [0.4, 0.5) is 0 Å². The van der Waals surface area contributed by atoms with E-state index in [0.717, 1.165) is 30.4 Å². The van der Waals surface area contributed by atoms with E-state index in [9.17, 15) is 15.0 Å². The highest BCUT2D eigenvalue weighted by atomic mass is 16.3. The maximum Gasteiger partial charge on any atom is 0.224 e. The number of carbonyl (C=O) groups excluding carboxylic acids is 1. The van der Waals surface area contributed by atoms with Crippen LogP contribution in [0.15, 0.2) is 18.2 Å². The smallest absolute Gasteiger partial charge is 0.224 e. The summed E-state index contributed by atoms with van der Waals surface area (Å²) in [5.74, 6) is 0.163. The molecule has 2 rings (SSSR count). The van der Waals surface area contributed by atoms with Crippen molar-refractivity contribution >= 4 is 5.91 Å². The van der Waals surface area contributed by atoms with Gasteiger partial charge in [-0.05, 0) is 37.0 Å². The highest BCUT2D eigenvalue weighted by Gasteiger charge is 2.38. The van der Waals surface area contributed by atoms with Crippen LogP contribution in [0, 0.1) is 12.3 Å². The molecule has 0 aromatic heterocycles. The van der Waals surface area contributed by atoms with E-state index in [1.54, 1.807) is 6.07 Å². The first-order valence-electron chi connectivity index (χ1n) is 7.13. The van der Waals surface area contributed by atoms with E-state index in [4.69, 9.17) is 0 Å². The van der Waals surface area contributed by atoms with E-state index in [-0.39, 0.29) is 36.1 Å². The van der Waals surface area contributed by atoms with Gasteiger partial charge in [-0.15, -0.1) is 0 Å². The maximum atomic E-state index is 12.1. The summed E-state index contributed by atoms with van der Waals surface area (Å²) in [5.41, 5.74) is 1.40. The van der Waals surface area contributed by atoms with Crippen molar-refractivity contribution in [2.75, 3.05) is 6.61 Å². The zero-order valence-electron chi connectivity index (χ0n) is 12.1. The number of aliphatic hydroxyl groups is 1. The number of aryl methyl sites for hydroxylation is 1. The monoisotopic (exact) mass is 277 g/mol. The van der Waals surface area contributed by atoms with Crippen LogP contribution in [0.3, 0.4) is 0 Å².